The lowest BCUT2D eigenvalue weighted by Crippen LogP contribution is -2.30. The first-order chi connectivity index (χ1) is 32.0. The van der Waals surface area contributed by atoms with Crippen LogP contribution in [0.15, 0.2) is 97.2 Å². The van der Waals surface area contributed by atoms with Crippen LogP contribution in [0.5, 0.6) is 0 Å². The molecule has 0 saturated heterocycles. The lowest BCUT2D eigenvalue weighted by Gasteiger charge is -2.18. The van der Waals surface area contributed by atoms with Crippen molar-refractivity contribution in [2.24, 2.45) is 0 Å². The van der Waals surface area contributed by atoms with Crippen molar-refractivity contribution >= 4 is 17.9 Å². The van der Waals surface area contributed by atoms with Crippen molar-refractivity contribution < 1.29 is 28.6 Å². The second kappa shape index (κ2) is 52.9. The summed E-state index contributed by atoms with van der Waals surface area (Å²) >= 11 is 0. The number of hydrogen-bond acceptors (Lipinski definition) is 6. The first-order valence-corrected chi connectivity index (χ1v) is 26.8. The van der Waals surface area contributed by atoms with Crippen molar-refractivity contribution in [3.8, 4) is 0 Å². The van der Waals surface area contributed by atoms with Crippen molar-refractivity contribution in [3.05, 3.63) is 97.2 Å². The summed E-state index contributed by atoms with van der Waals surface area (Å²) in [4.78, 5) is 38.0. The Bertz CT molecular complexity index is 1310. The quantitative estimate of drug-likeness (QED) is 0.0199. The van der Waals surface area contributed by atoms with Crippen molar-refractivity contribution in [2.45, 2.75) is 245 Å². The molecule has 0 heterocycles. The van der Waals surface area contributed by atoms with E-state index >= 15 is 0 Å². The number of rotatable bonds is 47. The maximum Gasteiger partial charge on any atom is 0.306 e. The highest BCUT2D eigenvalue weighted by Crippen LogP contribution is 2.13. The van der Waals surface area contributed by atoms with Gasteiger partial charge in [-0.15, -0.1) is 0 Å². The van der Waals surface area contributed by atoms with Crippen LogP contribution in [0.4, 0.5) is 0 Å². The van der Waals surface area contributed by atoms with Gasteiger partial charge < -0.3 is 14.2 Å². The summed E-state index contributed by atoms with van der Waals surface area (Å²) < 4.78 is 16.7. The monoisotopic (exact) mass is 903 g/mol. The molecule has 0 radical (unpaired) electrons. The Morgan fingerprint density at radius 3 is 1.14 bits per heavy atom. The Balaban J connectivity index is 4.54. The van der Waals surface area contributed by atoms with Crippen molar-refractivity contribution in [3.63, 3.8) is 0 Å². The molecule has 0 saturated carbocycles. The topological polar surface area (TPSA) is 78.9 Å². The van der Waals surface area contributed by atoms with Crippen molar-refractivity contribution in [1.29, 1.82) is 0 Å². The largest absolute Gasteiger partial charge is 0.462 e. The third-order valence-electron chi connectivity index (χ3n) is 11.1. The van der Waals surface area contributed by atoms with Crippen LogP contribution in [0.2, 0.25) is 0 Å². The number of esters is 3. The summed E-state index contributed by atoms with van der Waals surface area (Å²) in [5.74, 6) is -1.01. The minimum absolute atomic E-state index is 0.110. The van der Waals surface area contributed by atoms with E-state index in [9.17, 15) is 14.4 Å². The molecule has 0 aromatic rings. The molecule has 0 bridgehead atoms. The number of carbonyl (C=O) groups is 3. The van der Waals surface area contributed by atoms with Crippen molar-refractivity contribution in [2.75, 3.05) is 13.2 Å². The molecule has 0 aliphatic rings. The van der Waals surface area contributed by atoms with Gasteiger partial charge in [-0.2, -0.15) is 0 Å². The van der Waals surface area contributed by atoms with Crippen LogP contribution in [0.1, 0.15) is 239 Å². The van der Waals surface area contributed by atoms with Crippen LogP contribution in [0.25, 0.3) is 0 Å². The van der Waals surface area contributed by atoms with Gasteiger partial charge in [-0.3, -0.25) is 14.4 Å². The predicted octanol–water partition coefficient (Wildman–Crippen LogP) is 17.8. The molecule has 0 aromatic heterocycles. The molecule has 0 amide bonds. The molecule has 1 unspecified atom stereocenters. The van der Waals surface area contributed by atoms with Gasteiger partial charge >= 0.3 is 17.9 Å². The lowest BCUT2D eigenvalue weighted by molar-refractivity contribution is -0.167. The van der Waals surface area contributed by atoms with Crippen LogP contribution in [-0.4, -0.2) is 37.2 Å². The van der Waals surface area contributed by atoms with E-state index in [1.165, 1.54) is 96.3 Å². The fraction of sp³-hybridized carbons (Fsp3) is 0.678. The summed E-state index contributed by atoms with van der Waals surface area (Å²) in [6.45, 7) is 6.42. The van der Waals surface area contributed by atoms with Gasteiger partial charge in [0.25, 0.3) is 0 Å². The summed E-state index contributed by atoms with van der Waals surface area (Å²) in [6, 6.07) is 0. The van der Waals surface area contributed by atoms with E-state index in [2.05, 4.69) is 118 Å². The standard InChI is InChI=1S/C59H98O6/c1-4-7-10-13-16-19-22-25-28-30-32-34-37-40-43-46-49-52-58(61)64-55-56(54-63-57(60)51-48-45-42-39-36-33-27-24-21-18-15-12-9-6-3)65-59(62)53-50-47-44-41-38-35-31-29-26-23-20-17-14-11-8-5-2/h9,12,16,18-19,21,25,28-29,31-32,34-35,38,40,43,56H,4-8,10-11,13-15,17,20,22-24,26-27,30,33,36-37,39,41-42,44-55H2,1-3H3/b12-9-,19-16-,21-18-,28-25-,31-29-,34-32-,38-35-,43-40-. The molecule has 0 spiro atoms. The second-order valence-corrected chi connectivity index (χ2v) is 17.4. The van der Waals surface area contributed by atoms with E-state index in [1.807, 2.05) is 0 Å². The minimum atomic E-state index is -0.817. The fourth-order valence-corrected chi connectivity index (χ4v) is 7.05. The second-order valence-electron chi connectivity index (χ2n) is 17.4. The lowest BCUT2D eigenvalue weighted by atomic mass is 10.1. The van der Waals surface area contributed by atoms with Gasteiger partial charge in [0.05, 0.1) is 0 Å². The van der Waals surface area contributed by atoms with Gasteiger partial charge in [-0.05, 0) is 109 Å². The molecule has 0 aliphatic carbocycles. The maximum absolute atomic E-state index is 12.8. The van der Waals surface area contributed by atoms with Gasteiger partial charge in [-0.25, -0.2) is 0 Å². The summed E-state index contributed by atoms with van der Waals surface area (Å²) in [6.07, 6.45) is 69.7. The number of hydrogen-bond donors (Lipinski definition) is 0. The van der Waals surface area contributed by atoms with E-state index in [-0.39, 0.29) is 44.0 Å². The zero-order valence-corrected chi connectivity index (χ0v) is 42.2. The molecular formula is C59H98O6. The first-order valence-electron chi connectivity index (χ1n) is 26.8. The smallest absolute Gasteiger partial charge is 0.306 e. The van der Waals surface area contributed by atoms with Crippen LogP contribution in [0.3, 0.4) is 0 Å². The highest BCUT2D eigenvalue weighted by atomic mass is 16.6. The molecule has 0 N–H and O–H groups in total. The molecule has 6 nitrogen and oxygen atoms in total. The average Bonchev–Trinajstić information content (AvgIpc) is 3.30. The molecule has 6 heteroatoms. The highest BCUT2D eigenvalue weighted by Gasteiger charge is 2.19. The number of ether oxygens (including phenoxy) is 3. The SMILES string of the molecule is CC/C=C\C/C=C\CCCCCCCCCC(=O)OCC(COC(=O)CCC/C=C\C/C=C\C/C=C\C/C=C\CCCCC)OC(=O)CCCCC/C=C\C=C/CCCCCCCCC. The Kier molecular flexibility index (Phi) is 50.0. The molecule has 0 aromatic carbocycles. The highest BCUT2D eigenvalue weighted by molar-refractivity contribution is 5.71. The third kappa shape index (κ3) is 51.2. The third-order valence-corrected chi connectivity index (χ3v) is 11.1. The zero-order valence-electron chi connectivity index (χ0n) is 42.2. The Morgan fingerprint density at radius 2 is 0.662 bits per heavy atom. The van der Waals surface area contributed by atoms with Gasteiger partial charge in [0.1, 0.15) is 13.2 Å². The van der Waals surface area contributed by atoms with Crippen LogP contribution >= 0.6 is 0 Å². The minimum Gasteiger partial charge on any atom is -0.462 e. The van der Waals surface area contributed by atoms with Crippen LogP contribution in [0, 0.1) is 0 Å². The molecule has 0 aliphatic heterocycles. The first kappa shape index (κ1) is 61.3. The average molecular weight is 903 g/mol. The number of unbranched alkanes of at least 4 members (excludes halogenated alkanes) is 21. The number of allylic oxidation sites excluding steroid dienone is 16. The van der Waals surface area contributed by atoms with E-state index < -0.39 is 6.10 Å². The van der Waals surface area contributed by atoms with Gasteiger partial charge in [0.15, 0.2) is 6.10 Å². The van der Waals surface area contributed by atoms with Gasteiger partial charge in [0.2, 0.25) is 0 Å². The molecular weight excluding hydrogens is 805 g/mol. The van der Waals surface area contributed by atoms with Gasteiger partial charge in [-0.1, -0.05) is 208 Å². The Hall–Kier alpha value is -3.67. The Morgan fingerprint density at radius 1 is 0.338 bits per heavy atom. The normalized spacial score (nSPS) is 12.8. The maximum atomic E-state index is 12.8. The van der Waals surface area contributed by atoms with E-state index in [1.54, 1.807) is 0 Å². The summed E-state index contributed by atoms with van der Waals surface area (Å²) in [5, 5.41) is 0. The number of carbonyl (C=O) groups excluding carboxylic acids is 3. The molecule has 0 rings (SSSR count). The van der Waals surface area contributed by atoms with E-state index in [0.29, 0.717) is 12.8 Å². The Labute approximate surface area is 400 Å². The van der Waals surface area contributed by atoms with Crippen LogP contribution in [-0.2, 0) is 28.6 Å². The van der Waals surface area contributed by atoms with E-state index in [4.69, 9.17) is 14.2 Å². The molecule has 65 heavy (non-hydrogen) atoms. The van der Waals surface area contributed by atoms with E-state index in [0.717, 1.165) is 96.3 Å². The summed E-state index contributed by atoms with van der Waals surface area (Å²) in [5.41, 5.74) is 0. The predicted molar refractivity (Wildman–Crippen MR) is 279 cm³/mol. The van der Waals surface area contributed by atoms with Crippen LogP contribution < -0.4 is 0 Å². The summed E-state index contributed by atoms with van der Waals surface area (Å²) in [7, 11) is 0. The fourth-order valence-electron chi connectivity index (χ4n) is 7.05. The molecule has 1 atom stereocenters. The van der Waals surface area contributed by atoms with Crippen molar-refractivity contribution in [1.82, 2.24) is 0 Å². The zero-order chi connectivity index (χ0) is 47.2. The molecule has 370 valence electrons. The molecule has 0 fully saturated rings. The van der Waals surface area contributed by atoms with Gasteiger partial charge in [0, 0.05) is 19.3 Å².